The van der Waals surface area contributed by atoms with Crippen molar-refractivity contribution < 1.29 is 28.0 Å². The lowest BCUT2D eigenvalue weighted by molar-refractivity contribution is 0.0447. The Balaban J connectivity index is 1.32. The summed E-state index contributed by atoms with van der Waals surface area (Å²) in [6.45, 7) is -0.00667. The third-order valence-electron chi connectivity index (χ3n) is 4.92. The van der Waals surface area contributed by atoms with Gasteiger partial charge in [0.05, 0.1) is 29.5 Å². The zero-order valence-corrected chi connectivity index (χ0v) is 15.7. The number of nitrogens with zero attached hydrogens (tertiary/aromatic N) is 1. The fourth-order valence-corrected chi connectivity index (χ4v) is 3.45. The van der Waals surface area contributed by atoms with Gasteiger partial charge in [-0.15, -0.1) is 0 Å². The number of esters is 1. The fourth-order valence-electron chi connectivity index (χ4n) is 3.45. The van der Waals surface area contributed by atoms with Gasteiger partial charge in [-0.1, -0.05) is 18.2 Å². The number of fused-ring (bicyclic) bond motifs is 2. The molecule has 7 heteroatoms. The number of carbonyl (C=O) groups excluding carboxylic acids is 3. The van der Waals surface area contributed by atoms with Crippen molar-refractivity contribution in [1.29, 1.82) is 0 Å². The molecule has 30 heavy (non-hydrogen) atoms. The number of benzene rings is 2. The quantitative estimate of drug-likeness (QED) is 0.368. The Kier molecular flexibility index (Phi) is 4.21. The number of rotatable bonds is 5. The summed E-state index contributed by atoms with van der Waals surface area (Å²) in [4.78, 5) is 38.8. The van der Waals surface area contributed by atoms with E-state index in [0.29, 0.717) is 17.1 Å². The first-order valence-corrected chi connectivity index (χ1v) is 9.27. The molecular weight excluding hydrogens is 386 g/mol. The molecule has 1 aliphatic heterocycles. The number of hydrogen-bond acceptors (Lipinski definition) is 6. The smallest absolute Gasteiger partial charge is 0.338 e. The average Bonchev–Trinajstić information content (AvgIpc) is 3.48. The van der Waals surface area contributed by atoms with Crippen LogP contribution in [-0.2, 0) is 17.9 Å². The first-order valence-electron chi connectivity index (χ1n) is 9.27. The minimum Gasteiger partial charge on any atom is -0.467 e. The lowest BCUT2D eigenvalue weighted by Crippen LogP contribution is -2.28. The SMILES string of the molecule is O=C(OCc1cc2ccccc2o1)c1ccc2c(c1)C(=O)N(Cc1ccco1)C2=O. The average molecular weight is 401 g/mol. The molecule has 0 saturated heterocycles. The molecule has 0 radical (unpaired) electrons. The number of furan rings is 2. The largest absolute Gasteiger partial charge is 0.467 e. The highest BCUT2D eigenvalue weighted by atomic mass is 16.5. The van der Waals surface area contributed by atoms with Crippen molar-refractivity contribution >= 4 is 28.8 Å². The van der Waals surface area contributed by atoms with Gasteiger partial charge in [0.15, 0.2) is 0 Å². The molecule has 0 aliphatic carbocycles. The monoisotopic (exact) mass is 401 g/mol. The molecule has 0 fully saturated rings. The van der Waals surface area contributed by atoms with Crippen molar-refractivity contribution in [3.8, 4) is 0 Å². The molecule has 2 aromatic carbocycles. The van der Waals surface area contributed by atoms with Crippen molar-refractivity contribution in [3.05, 3.63) is 95.1 Å². The lowest BCUT2D eigenvalue weighted by Gasteiger charge is -2.11. The van der Waals surface area contributed by atoms with E-state index in [0.717, 1.165) is 10.3 Å². The Hall–Kier alpha value is -4.13. The molecule has 0 unspecified atom stereocenters. The molecular formula is C23H15NO6. The van der Waals surface area contributed by atoms with Crippen molar-refractivity contribution in [2.75, 3.05) is 0 Å². The van der Waals surface area contributed by atoms with E-state index in [1.165, 1.54) is 24.5 Å². The lowest BCUT2D eigenvalue weighted by atomic mass is 10.1. The van der Waals surface area contributed by atoms with Crippen LogP contribution in [0.25, 0.3) is 11.0 Å². The van der Waals surface area contributed by atoms with Crippen LogP contribution in [0.15, 0.2) is 75.8 Å². The van der Waals surface area contributed by atoms with Crippen molar-refractivity contribution in [1.82, 2.24) is 4.90 Å². The van der Waals surface area contributed by atoms with E-state index < -0.39 is 17.8 Å². The van der Waals surface area contributed by atoms with Crippen LogP contribution in [0.4, 0.5) is 0 Å². The van der Waals surface area contributed by atoms with Crippen LogP contribution in [0.2, 0.25) is 0 Å². The highest BCUT2D eigenvalue weighted by Crippen LogP contribution is 2.26. The van der Waals surface area contributed by atoms with Crippen LogP contribution < -0.4 is 0 Å². The fraction of sp³-hybridized carbons (Fsp3) is 0.0870. The van der Waals surface area contributed by atoms with E-state index in [9.17, 15) is 14.4 Å². The van der Waals surface area contributed by atoms with E-state index in [4.69, 9.17) is 13.6 Å². The Morgan fingerprint density at radius 2 is 1.73 bits per heavy atom. The molecule has 0 spiro atoms. The highest BCUT2D eigenvalue weighted by molar-refractivity contribution is 6.21. The van der Waals surface area contributed by atoms with Crippen molar-refractivity contribution in [2.24, 2.45) is 0 Å². The summed E-state index contributed by atoms with van der Waals surface area (Å²) >= 11 is 0. The maximum atomic E-state index is 12.7. The predicted octanol–water partition coefficient (Wildman–Crippen LogP) is 4.18. The van der Waals surface area contributed by atoms with Crippen LogP contribution in [0.3, 0.4) is 0 Å². The van der Waals surface area contributed by atoms with Gasteiger partial charge in [0.2, 0.25) is 0 Å². The van der Waals surface area contributed by atoms with Gasteiger partial charge in [-0.3, -0.25) is 14.5 Å². The second-order valence-electron chi connectivity index (χ2n) is 6.86. The molecule has 7 nitrogen and oxygen atoms in total. The standard InChI is InChI=1S/C23H15NO6/c25-21-18-8-7-15(11-19(18)22(26)24(21)12-16-5-3-9-28-16)23(27)29-13-17-10-14-4-1-2-6-20(14)30-17/h1-11H,12-13H2. The summed E-state index contributed by atoms with van der Waals surface area (Å²) in [6.07, 6.45) is 1.48. The maximum absolute atomic E-state index is 12.7. The Bertz CT molecular complexity index is 1250. The minimum absolute atomic E-state index is 0.0329. The van der Waals surface area contributed by atoms with E-state index in [1.54, 1.807) is 18.2 Å². The van der Waals surface area contributed by atoms with Gasteiger partial charge < -0.3 is 13.6 Å². The normalized spacial score (nSPS) is 13.1. The van der Waals surface area contributed by atoms with E-state index in [1.807, 2.05) is 24.3 Å². The van der Waals surface area contributed by atoms with Gasteiger partial charge in [-0.2, -0.15) is 0 Å². The summed E-state index contributed by atoms with van der Waals surface area (Å²) in [5, 5.41) is 0.918. The van der Waals surface area contributed by atoms with Crippen molar-refractivity contribution in [2.45, 2.75) is 13.2 Å². The third kappa shape index (κ3) is 3.06. The summed E-state index contributed by atoms with van der Waals surface area (Å²) in [6, 6.07) is 17.0. The number of imide groups is 1. The summed E-state index contributed by atoms with van der Waals surface area (Å²) in [5.41, 5.74) is 1.32. The zero-order chi connectivity index (χ0) is 20.7. The molecule has 4 aromatic rings. The maximum Gasteiger partial charge on any atom is 0.338 e. The van der Waals surface area contributed by atoms with E-state index >= 15 is 0 Å². The molecule has 5 rings (SSSR count). The number of hydrogen-bond donors (Lipinski definition) is 0. The van der Waals surface area contributed by atoms with Crippen molar-refractivity contribution in [3.63, 3.8) is 0 Å². The Morgan fingerprint density at radius 1 is 0.900 bits per heavy atom. The van der Waals surface area contributed by atoms with Gasteiger partial charge in [0.1, 0.15) is 23.7 Å². The second kappa shape index (κ2) is 7.04. The Morgan fingerprint density at radius 3 is 2.53 bits per heavy atom. The first kappa shape index (κ1) is 17.9. The number of para-hydroxylation sites is 1. The highest BCUT2D eigenvalue weighted by Gasteiger charge is 2.36. The van der Waals surface area contributed by atoms with Gasteiger partial charge in [-0.25, -0.2) is 4.79 Å². The van der Waals surface area contributed by atoms with Gasteiger partial charge >= 0.3 is 5.97 Å². The summed E-state index contributed by atoms with van der Waals surface area (Å²) in [5.74, 6) is -0.494. The topological polar surface area (TPSA) is 90.0 Å². The molecule has 2 aromatic heterocycles. The molecule has 1 aliphatic rings. The van der Waals surface area contributed by atoms with Gasteiger partial charge in [0, 0.05) is 5.39 Å². The molecule has 0 saturated carbocycles. The van der Waals surface area contributed by atoms with Crippen LogP contribution in [0.5, 0.6) is 0 Å². The van der Waals surface area contributed by atoms with E-state index in [2.05, 4.69) is 0 Å². The predicted molar refractivity (Wildman–Crippen MR) is 105 cm³/mol. The molecule has 148 valence electrons. The van der Waals surface area contributed by atoms with Crippen LogP contribution in [0, 0.1) is 0 Å². The molecule has 0 N–H and O–H groups in total. The van der Waals surface area contributed by atoms with Gasteiger partial charge in [0.25, 0.3) is 11.8 Å². The first-order chi connectivity index (χ1) is 14.6. The van der Waals surface area contributed by atoms with Crippen LogP contribution in [-0.4, -0.2) is 22.7 Å². The minimum atomic E-state index is -0.608. The molecule has 3 heterocycles. The van der Waals surface area contributed by atoms with Crippen LogP contribution in [0.1, 0.15) is 42.6 Å². The summed E-state index contributed by atoms with van der Waals surface area (Å²) < 4.78 is 16.2. The number of ether oxygens (including phenoxy) is 1. The summed E-state index contributed by atoms with van der Waals surface area (Å²) in [7, 11) is 0. The van der Waals surface area contributed by atoms with E-state index in [-0.39, 0.29) is 29.8 Å². The zero-order valence-electron chi connectivity index (χ0n) is 15.7. The molecule has 2 amide bonds. The molecule has 0 atom stereocenters. The number of amides is 2. The second-order valence-corrected chi connectivity index (χ2v) is 6.86. The third-order valence-corrected chi connectivity index (χ3v) is 4.92. The Labute approximate surface area is 170 Å². The van der Waals surface area contributed by atoms with Crippen LogP contribution >= 0.6 is 0 Å². The van der Waals surface area contributed by atoms with Gasteiger partial charge in [-0.05, 0) is 42.5 Å². The number of carbonyl (C=O) groups is 3. The molecule has 0 bridgehead atoms.